The lowest BCUT2D eigenvalue weighted by atomic mass is 9.74. The molecule has 1 fully saturated rings. The molecule has 3 aliphatic rings. The first-order chi connectivity index (χ1) is 17.4. The maximum Gasteiger partial charge on any atom is 0.139 e. The maximum absolute atomic E-state index is 13.4. The number of hydrogen-bond donors (Lipinski definition) is 0. The van der Waals surface area contributed by atoms with Crippen molar-refractivity contribution in [3.05, 3.63) is 94.6 Å². The lowest BCUT2D eigenvalue weighted by Crippen LogP contribution is -2.43. The van der Waals surface area contributed by atoms with E-state index in [1.807, 2.05) is 24.3 Å². The first-order valence-electron chi connectivity index (χ1n) is 12.5. The maximum atomic E-state index is 13.4. The third kappa shape index (κ3) is 4.04. The summed E-state index contributed by atoms with van der Waals surface area (Å²) in [6.45, 7) is 6.16. The molecule has 3 heterocycles. The molecule has 0 atom stereocenters. The van der Waals surface area contributed by atoms with Gasteiger partial charge in [0.05, 0.1) is 5.69 Å². The molecule has 4 nitrogen and oxygen atoms in total. The summed E-state index contributed by atoms with van der Waals surface area (Å²) >= 11 is 0. The van der Waals surface area contributed by atoms with Gasteiger partial charge in [0.15, 0.2) is 0 Å². The fourth-order valence-electron chi connectivity index (χ4n) is 5.63. The van der Waals surface area contributed by atoms with Crippen molar-refractivity contribution < 1.29 is 8.78 Å². The second kappa shape index (κ2) is 8.77. The normalized spacial score (nSPS) is 18.8. The molecule has 36 heavy (non-hydrogen) atoms. The fraction of sp³-hybridized carbons (Fsp3) is 0.300. The van der Waals surface area contributed by atoms with Crippen molar-refractivity contribution in [2.75, 3.05) is 18.0 Å². The van der Waals surface area contributed by atoms with Crippen LogP contribution in [0.1, 0.15) is 55.5 Å². The van der Waals surface area contributed by atoms with E-state index in [4.69, 9.17) is 4.99 Å². The van der Waals surface area contributed by atoms with Crippen LogP contribution in [0.4, 0.5) is 14.6 Å². The number of piperidine rings is 1. The molecule has 1 saturated heterocycles. The van der Waals surface area contributed by atoms with Gasteiger partial charge in [0.1, 0.15) is 23.8 Å². The van der Waals surface area contributed by atoms with Gasteiger partial charge in [-0.15, -0.1) is 0 Å². The molecule has 1 aromatic heterocycles. The monoisotopic (exact) mass is 482 g/mol. The van der Waals surface area contributed by atoms with Crippen molar-refractivity contribution in [1.29, 1.82) is 0 Å². The molecule has 0 spiro atoms. The zero-order chi connectivity index (χ0) is 24.9. The number of anilines is 1. The van der Waals surface area contributed by atoms with Gasteiger partial charge < -0.3 is 4.90 Å². The summed E-state index contributed by atoms with van der Waals surface area (Å²) < 4.78 is 26.8. The summed E-state index contributed by atoms with van der Waals surface area (Å²) in [5, 5.41) is 0. The molecule has 0 N–H and O–H groups in total. The zero-order valence-electron chi connectivity index (χ0n) is 20.6. The highest BCUT2D eigenvalue weighted by Crippen LogP contribution is 2.43. The summed E-state index contributed by atoms with van der Waals surface area (Å²) in [7, 11) is 0. The van der Waals surface area contributed by atoms with Crippen LogP contribution in [0.25, 0.3) is 17.2 Å². The second-order valence-corrected chi connectivity index (χ2v) is 10.3. The van der Waals surface area contributed by atoms with Crippen LogP contribution in [0.3, 0.4) is 0 Å². The minimum Gasteiger partial charge on any atom is -0.356 e. The predicted octanol–water partition coefficient (Wildman–Crippen LogP) is 6.73. The summed E-state index contributed by atoms with van der Waals surface area (Å²) in [5.41, 5.74) is 8.79. The third-order valence-corrected chi connectivity index (χ3v) is 7.98. The molecule has 0 saturated carbocycles. The summed E-state index contributed by atoms with van der Waals surface area (Å²) in [4.78, 5) is 16.6. The Hall–Kier alpha value is -3.67. The van der Waals surface area contributed by atoms with E-state index in [9.17, 15) is 8.78 Å². The van der Waals surface area contributed by atoms with E-state index in [-0.39, 0.29) is 17.0 Å². The number of halogens is 2. The highest BCUT2D eigenvalue weighted by atomic mass is 19.1. The minimum absolute atomic E-state index is 0.0187. The molecule has 0 bridgehead atoms. The molecule has 0 radical (unpaired) electrons. The third-order valence-electron chi connectivity index (χ3n) is 7.98. The number of allylic oxidation sites excluding steroid dienone is 3. The Morgan fingerprint density at radius 2 is 1.47 bits per heavy atom. The van der Waals surface area contributed by atoms with E-state index in [0.717, 1.165) is 78.2 Å². The number of benzene rings is 2. The van der Waals surface area contributed by atoms with Crippen LogP contribution >= 0.6 is 0 Å². The van der Waals surface area contributed by atoms with Gasteiger partial charge in [-0.25, -0.2) is 18.7 Å². The van der Waals surface area contributed by atoms with Gasteiger partial charge in [-0.1, -0.05) is 31.2 Å². The first kappa shape index (κ1) is 22.8. The van der Waals surface area contributed by atoms with Gasteiger partial charge in [-0.05, 0) is 72.4 Å². The Bertz CT molecular complexity index is 1410. The molecule has 6 rings (SSSR count). The van der Waals surface area contributed by atoms with Crippen LogP contribution in [0.15, 0.2) is 65.5 Å². The molecule has 2 aromatic carbocycles. The number of aromatic nitrogens is 2. The SMILES string of the molecule is CC1=C(c2ccc(F)cc2)CC(C2(C)CCN(c3ncnc4c3C=C(c3ccc(F)cc3)C4)CC2)=N1. The zero-order valence-corrected chi connectivity index (χ0v) is 20.6. The van der Waals surface area contributed by atoms with E-state index < -0.39 is 0 Å². The average molecular weight is 483 g/mol. The molecule has 1 aliphatic carbocycles. The molecule has 3 aromatic rings. The van der Waals surface area contributed by atoms with Crippen molar-refractivity contribution in [3.63, 3.8) is 0 Å². The molecule has 2 aliphatic heterocycles. The Kier molecular flexibility index (Phi) is 5.55. The number of nitrogens with zero attached hydrogens (tertiary/aromatic N) is 4. The van der Waals surface area contributed by atoms with Crippen LogP contribution < -0.4 is 4.90 Å². The highest BCUT2D eigenvalue weighted by molar-refractivity contribution is 6.03. The summed E-state index contributed by atoms with van der Waals surface area (Å²) in [5.74, 6) is 0.536. The minimum atomic E-state index is -0.228. The van der Waals surface area contributed by atoms with Crippen molar-refractivity contribution in [1.82, 2.24) is 9.97 Å². The van der Waals surface area contributed by atoms with Crippen LogP contribution in [0.2, 0.25) is 0 Å². The topological polar surface area (TPSA) is 41.4 Å². The largest absolute Gasteiger partial charge is 0.356 e. The Balaban J connectivity index is 1.18. The van der Waals surface area contributed by atoms with Gasteiger partial charge >= 0.3 is 0 Å². The van der Waals surface area contributed by atoms with Gasteiger partial charge in [-0.3, -0.25) is 4.99 Å². The van der Waals surface area contributed by atoms with Crippen LogP contribution in [-0.2, 0) is 6.42 Å². The number of aliphatic imine (C=N–C) groups is 1. The Morgan fingerprint density at radius 1 is 0.833 bits per heavy atom. The summed E-state index contributed by atoms with van der Waals surface area (Å²) in [6.07, 6.45) is 7.35. The molecular weight excluding hydrogens is 454 g/mol. The fourth-order valence-corrected chi connectivity index (χ4v) is 5.63. The quantitative estimate of drug-likeness (QED) is 0.414. The van der Waals surface area contributed by atoms with Crippen molar-refractivity contribution in [2.24, 2.45) is 10.4 Å². The van der Waals surface area contributed by atoms with Gasteiger partial charge in [0.25, 0.3) is 0 Å². The van der Waals surface area contributed by atoms with Crippen molar-refractivity contribution in [3.8, 4) is 0 Å². The van der Waals surface area contributed by atoms with E-state index in [2.05, 4.69) is 34.8 Å². The molecule has 6 heteroatoms. The summed E-state index contributed by atoms with van der Waals surface area (Å²) in [6, 6.07) is 13.4. The van der Waals surface area contributed by atoms with E-state index >= 15 is 0 Å². The molecule has 0 amide bonds. The smallest absolute Gasteiger partial charge is 0.139 e. The lowest BCUT2D eigenvalue weighted by molar-refractivity contribution is 0.351. The van der Waals surface area contributed by atoms with Crippen LogP contribution in [0.5, 0.6) is 0 Å². The van der Waals surface area contributed by atoms with Crippen molar-refractivity contribution >= 4 is 28.8 Å². The Morgan fingerprint density at radius 3 is 2.14 bits per heavy atom. The number of rotatable bonds is 4. The first-order valence-corrected chi connectivity index (χ1v) is 12.5. The van der Waals surface area contributed by atoms with Gasteiger partial charge in [-0.2, -0.15) is 0 Å². The lowest BCUT2D eigenvalue weighted by Gasteiger charge is -2.40. The van der Waals surface area contributed by atoms with Crippen molar-refractivity contribution in [2.45, 2.75) is 39.5 Å². The van der Waals surface area contributed by atoms with Crippen LogP contribution in [-0.4, -0.2) is 28.8 Å². The second-order valence-electron chi connectivity index (χ2n) is 10.3. The predicted molar refractivity (Wildman–Crippen MR) is 141 cm³/mol. The molecule has 0 unspecified atom stereocenters. The van der Waals surface area contributed by atoms with E-state index in [1.165, 1.54) is 35.6 Å². The highest BCUT2D eigenvalue weighted by Gasteiger charge is 2.38. The standard InChI is InChI=1S/C30H28F2N4/c1-19-25(21-5-9-24(32)10-6-21)17-28(35-19)30(2)11-13-36(14-12-30)29-26-15-22(16-27(26)33-18-34-29)20-3-7-23(31)8-4-20/h3-10,15,18H,11-14,16-17H2,1-2H3. The van der Waals surface area contributed by atoms with Crippen LogP contribution in [0, 0.1) is 17.0 Å². The number of fused-ring (bicyclic) bond motifs is 1. The van der Waals surface area contributed by atoms with Gasteiger partial charge in [0, 0.05) is 48.3 Å². The van der Waals surface area contributed by atoms with E-state index in [1.54, 1.807) is 6.33 Å². The average Bonchev–Trinajstić information content (AvgIpc) is 3.50. The Labute approximate surface area is 210 Å². The molecule has 182 valence electrons. The molecular formula is C30H28F2N4. The van der Waals surface area contributed by atoms with Gasteiger partial charge in [0.2, 0.25) is 0 Å². The van der Waals surface area contributed by atoms with E-state index in [0.29, 0.717) is 0 Å². The number of hydrogen-bond acceptors (Lipinski definition) is 4.